The SMILES string of the molecule is BrCc1ccc(-c2ccc(C[PH](c3ccccc3)(c3ccccc3)C3C=CC=CC3)cc2)cc1. The number of allylic oxidation sites excluding steroid dienone is 4. The van der Waals surface area contributed by atoms with Crippen molar-refractivity contribution in [1.82, 2.24) is 0 Å². The van der Waals surface area contributed by atoms with Crippen LogP contribution in [0.5, 0.6) is 0 Å². The van der Waals surface area contributed by atoms with Gasteiger partial charge in [0.1, 0.15) is 0 Å². The molecule has 1 atom stereocenters. The summed E-state index contributed by atoms with van der Waals surface area (Å²) < 4.78 is 0. The molecule has 1 aliphatic carbocycles. The van der Waals surface area contributed by atoms with Crippen molar-refractivity contribution in [1.29, 1.82) is 0 Å². The monoisotopic (exact) mass is 524 g/mol. The van der Waals surface area contributed by atoms with E-state index in [9.17, 15) is 0 Å². The molecule has 0 amide bonds. The summed E-state index contributed by atoms with van der Waals surface area (Å²) in [5, 5.41) is 3.92. The standard InChI is InChI=1S/C32H30BrP/c33-24-26-16-20-28(21-17-26)29-22-18-27(19-23-29)25-34(30-10-4-1-5-11-30,31-12-6-2-7-13-31)32-14-8-3-9-15-32/h1-14,16-23,32,34H,15,24-25H2. The first-order chi connectivity index (χ1) is 16.8. The first-order valence-corrected chi connectivity index (χ1v) is 15.4. The summed E-state index contributed by atoms with van der Waals surface area (Å²) in [5.41, 5.74) is 5.79. The van der Waals surface area contributed by atoms with Crippen molar-refractivity contribution in [3.8, 4) is 11.1 Å². The zero-order valence-electron chi connectivity index (χ0n) is 19.3. The molecule has 0 saturated heterocycles. The third kappa shape index (κ3) is 4.74. The molecule has 0 aromatic heterocycles. The van der Waals surface area contributed by atoms with E-state index < -0.39 is 7.26 Å². The molecule has 5 rings (SSSR count). The van der Waals surface area contributed by atoms with Crippen molar-refractivity contribution in [2.24, 2.45) is 0 Å². The number of halogens is 1. The molecule has 0 spiro atoms. The Hall–Kier alpha value is -2.73. The second kappa shape index (κ2) is 10.7. The van der Waals surface area contributed by atoms with Crippen LogP contribution in [0.3, 0.4) is 0 Å². The molecule has 1 unspecified atom stereocenters. The number of benzene rings is 4. The van der Waals surface area contributed by atoms with Crippen LogP contribution in [0.4, 0.5) is 0 Å². The van der Waals surface area contributed by atoms with Crippen LogP contribution in [0.1, 0.15) is 17.5 Å². The van der Waals surface area contributed by atoms with Crippen LogP contribution < -0.4 is 10.6 Å². The molecule has 170 valence electrons. The Morgan fingerprint density at radius 3 is 1.62 bits per heavy atom. The first-order valence-electron chi connectivity index (χ1n) is 12.0. The van der Waals surface area contributed by atoms with Crippen molar-refractivity contribution in [2.45, 2.75) is 23.6 Å². The number of rotatable bonds is 7. The molecule has 2 heteroatoms. The molecule has 1 aliphatic rings. The van der Waals surface area contributed by atoms with Gasteiger partial charge in [0, 0.05) is 0 Å². The van der Waals surface area contributed by atoms with Gasteiger partial charge in [-0.25, -0.2) is 0 Å². The van der Waals surface area contributed by atoms with E-state index in [4.69, 9.17) is 0 Å². The fourth-order valence-corrected chi connectivity index (χ4v) is 10.9. The fourth-order valence-electron chi connectivity index (χ4n) is 5.27. The van der Waals surface area contributed by atoms with E-state index in [1.165, 1.54) is 32.9 Å². The summed E-state index contributed by atoms with van der Waals surface area (Å²) in [6.45, 7) is 0. The van der Waals surface area contributed by atoms with E-state index >= 15 is 0 Å². The molecule has 0 nitrogen and oxygen atoms in total. The molecule has 4 aromatic rings. The molecule has 0 fully saturated rings. The van der Waals surface area contributed by atoms with Gasteiger partial charge in [0.05, 0.1) is 0 Å². The summed E-state index contributed by atoms with van der Waals surface area (Å²) in [4.78, 5) is 0. The Morgan fingerprint density at radius 1 is 0.618 bits per heavy atom. The number of hydrogen-bond acceptors (Lipinski definition) is 0. The average molecular weight is 525 g/mol. The van der Waals surface area contributed by atoms with Gasteiger partial charge < -0.3 is 0 Å². The normalized spacial score (nSPS) is 15.9. The number of hydrogen-bond donors (Lipinski definition) is 0. The van der Waals surface area contributed by atoms with Crippen LogP contribution in [0.25, 0.3) is 11.1 Å². The van der Waals surface area contributed by atoms with E-state index in [1.807, 2.05) is 0 Å². The van der Waals surface area contributed by atoms with Gasteiger partial charge in [-0.2, -0.15) is 0 Å². The minimum absolute atomic E-state index is 0.527. The Bertz CT molecular complexity index is 1220. The van der Waals surface area contributed by atoms with E-state index in [0.717, 1.165) is 17.9 Å². The first kappa shape index (κ1) is 23.0. The van der Waals surface area contributed by atoms with Gasteiger partial charge in [0.25, 0.3) is 0 Å². The van der Waals surface area contributed by atoms with Gasteiger partial charge >= 0.3 is 213 Å². The molecule has 0 heterocycles. The second-order valence-electron chi connectivity index (χ2n) is 9.06. The Kier molecular flexibility index (Phi) is 7.24. The summed E-state index contributed by atoms with van der Waals surface area (Å²) in [5.74, 6) is 0. The Balaban J connectivity index is 1.57. The van der Waals surface area contributed by atoms with Crippen molar-refractivity contribution in [3.05, 3.63) is 145 Å². The van der Waals surface area contributed by atoms with Gasteiger partial charge in [-0.1, -0.05) is 0 Å². The minimum atomic E-state index is -2.14. The quantitative estimate of drug-likeness (QED) is 0.169. The fraction of sp³-hybridized carbons (Fsp3) is 0.125. The van der Waals surface area contributed by atoms with Crippen molar-refractivity contribution in [3.63, 3.8) is 0 Å². The molecule has 0 aliphatic heterocycles. The van der Waals surface area contributed by atoms with Crippen molar-refractivity contribution < 1.29 is 0 Å². The van der Waals surface area contributed by atoms with E-state index in [1.54, 1.807) is 0 Å². The van der Waals surface area contributed by atoms with Gasteiger partial charge in [0.15, 0.2) is 0 Å². The van der Waals surface area contributed by atoms with Crippen molar-refractivity contribution >= 4 is 33.8 Å². The third-order valence-corrected chi connectivity index (χ3v) is 13.1. The van der Waals surface area contributed by atoms with E-state index in [2.05, 4.69) is 149 Å². The maximum absolute atomic E-state index is 3.54. The zero-order valence-corrected chi connectivity index (χ0v) is 21.9. The summed E-state index contributed by atoms with van der Waals surface area (Å²) in [6, 6.07) is 40.7. The van der Waals surface area contributed by atoms with Crippen molar-refractivity contribution in [2.75, 3.05) is 0 Å². The zero-order chi connectivity index (χ0) is 23.2. The van der Waals surface area contributed by atoms with E-state index in [0.29, 0.717) is 5.66 Å². The molecular weight excluding hydrogens is 495 g/mol. The molecule has 0 saturated carbocycles. The molecule has 0 radical (unpaired) electrons. The predicted octanol–water partition coefficient (Wildman–Crippen LogP) is 8.03. The molecule has 4 aromatic carbocycles. The van der Waals surface area contributed by atoms with Crippen LogP contribution in [-0.2, 0) is 11.5 Å². The van der Waals surface area contributed by atoms with Gasteiger partial charge in [-0.05, 0) is 0 Å². The van der Waals surface area contributed by atoms with Gasteiger partial charge in [-0.15, -0.1) is 0 Å². The molecule has 34 heavy (non-hydrogen) atoms. The van der Waals surface area contributed by atoms with Crippen LogP contribution >= 0.6 is 23.2 Å². The number of alkyl halides is 1. The molecule has 0 N–H and O–H groups in total. The summed E-state index contributed by atoms with van der Waals surface area (Å²) in [7, 11) is -2.14. The topological polar surface area (TPSA) is 0 Å². The Labute approximate surface area is 212 Å². The third-order valence-electron chi connectivity index (χ3n) is 7.07. The summed E-state index contributed by atoms with van der Waals surface area (Å²) >= 11 is 3.54. The van der Waals surface area contributed by atoms with Crippen LogP contribution in [-0.4, -0.2) is 5.66 Å². The Morgan fingerprint density at radius 2 is 1.15 bits per heavy atom. The van der Waals surface area contributed by atoms with Gasteiger partial charge in [-0.3, -0.25) is 0 Å². The van der Waals surface area contributed by atoms with Crippen LogP contribution in [0.15, 0.2) is 133 Å². The predicted molar refractivity (Wildman–Crippen MR) is 155 cm³/mol. The van der Waals surface area contributed by atoms with Crippen LogP contribution in [0.2, 0.25) is 0 Å². The molecular formula is C32H30BrP. The van der Waals surface area contributed by atoms with E-state index in [-0.39, 0.29) is 0 Å². The summed E-state index contributed by atoms with van der Waals surface area (Å²) in [6.07, 6.45) is 11.4. The van der Waals surface area contributed by atoms with Gasteiger partial charge in [0.2, 0.25) is 0 Å². The second-order valence-corrected chi connectivity index (χ2v) is 13.8. The average Bonchev–Trinajstić information content (AvgIpc) is 2.94. The maximum atomic E-state index is 3.54. The van der Waals surface area contributed by atoms with Crippen LogP contribution in [0, 0.1) is 0 Å². The molecule has 0 bridgehead atoms.